The Morgan fingerprint density at radius 2 is 2.00 bits per heavy atom. The van der Waals surface area contributed by atoms with E-state index in [1.807, 2.05) is 47.8 Å². The lowest BCUT2D eigenvalue weighted by molar-refractivity contribution is -0.130. The minimum atomic E-state index is -0.642. The van der Waals surface area contributed by atoms with Crippen molar-refractivity contribution in [3.8, 4) is 5.75 Å². The molecule has 0 radical (unpaired) electrons. The van der Waals surface area contributed by atoms with Crippen LogP contribution in [0, 0.1) is 0 Å². The monoisotopic (exact) mass is 347 g/mol. The number of para-hydroxylation sites is 1. The van der Waals surface area contributed by atoms with Crippen molar-refractivity contribution in [2.45, 2.75) is 12.5 Å². The highest BCUT2D eigenvalue weighted by atomic mass is 32.1. The van der Waals surface area contributed by atoms with Crippen LogP contribution in [0.4, 0.5) is 4.79 Å². The zero-order valence-electron chi connectivity index (χ0n) is 13.5. The summed E-state index contributed by atoms with van der Waals surface area (Å²) in [4.78, 5) is 26.0. The molecule has 0 aliphatic carbocycles. The van der Waals surface area contributed by atoms with E-state index >= 15 is 0 Å². The number of urea groups is 1. The summed E-state index contributed by atoms with van der Waals surface area (Å²) in [6, 6.07) is 12.1. The van der Waals surface area contributed by atoms with Crippen LogP contribution in [0.15, 0.2) is 47.8 Å². The third-order valence-electron chi connectivity index (χ3n) is 3.45. The summed E-state index contributed by atoms with van der Waals surface area (Å²) in [5, 5.41) is 4.52. The van der Waals surface area contributed by atoms with Crippen LogP contribution in [0.2, 0.25) is 0 Å². The summed E-state index contributed by atoms with van der Waals surface area (Å²) in [7, 11) is 1.71. The van der Waals surface area contributed by atoms with Crippen LogP contribution in [0.5, 0.6) is 5.75 Å². The number of carbonyl (C=O) groups is 2. The number of nitrogens with one attached hydrogen (secondary N) is 1. The van der Waals surface area contributed by atoms with Crippen LogP contribution in [0.1, 0.15) is 17.3 Å². The van der Waals surface area contributed by atoms with E-state index in [1.54, 1.807) is 11.9 Å². The summed E-state index contributed by atoms with van der Waals surface area (Å²) >= 11 is 1.48. The molecule has 0 fully saturated rings. The van der Waals surface area contributed by atoms with Crippen LogP contribution in [0.3, 0.4) is 0 Å². The van der Waals surface area contributed by atoms with Crippen LogP contribution in [-0.2, 0) is 4.79 Å². The molecule has 0 spiro atoms. The van der Waals surface area contributed by atoms with E-state index in [0.717, 1.165) is 10.6 Å². The summed E-state index contributed by atoms with van der Waals surface area (Å²) in [5.41, 5.74) is 5.21. The van der Waals surface area contributed by atoms with E-state index < -0.39 is 12.1 Å². The molecule has 3 amide bonds. The Bertz CT molecular complexity index is 646. The average molecular weight is 347 g/mol. The predicted octanol–water partition coefficient (Wildman–Crippen LogP) is 2.39. The van der Waals surface area contributed by atoms with Gasteiger partial charge < -0.3 is 20.7 Å². The summed E-state index contributed by atoms with van der Waals surface area (Å²) in [6.07, 6.45) is 0.158. The molecule has 1 aromatic heterocycles. The number of hydrogen-bond donors (Lipinski definition) is 2. The average Bonchev–Trinajstić information content (AvgIpc) is 3.09. The Kier molecular flexibility index (Phi) is 6.62. The number of thiophene rings is 1. The van der Waals surface area contributed by atoms with Gasteiger partial charge >= 0.3 is 6.03 Å². The van der Waals surface area contributed by atoms with E-state index in [-0.39, 0.29) is 12.3 Å². The number of likely N-dealkylation sites (N-methyl/N-ethyl adjacent to an activating group) is 1. The second-order valence-corrected chi connectivity index (χ2v) is 6.24. The van der Waals surface area contributed by atoms with Crippen molar-refractivity contribution in [3.05, 3.63) is 52.7 Å². The van der Waals surface area contributed by atoms with Crippen molar-refractivity contribution in [1.82, 2.24) is 10.2 Å². The fraction of sp³-hybridized carbons (Fsp3) is 0.294. The molecule has 3 N–H and O–H groups in total. The Balaban J connectivity index is 1.83. The molecule has 1 aromatic carbocycles. The van der Waals surface area contributed by atoms with Gasteiger partial charge in [0.05, 0.1) is 19.0 Å². The molecule has 24 heavy (non-hydrogen) atoms. The number of primary amides is 1. The maximum Gasteiger partial charge on any atom is 0.312 e. The lowest BCUT2D eigenvalue weighted by atomic mass is 10.1. The van der Waals surface area contributed by atoms with E-state index in [2.05, 4.69) is 5.32 Å². The zero-order valence-corrected chi connectivity index (χ0v) is 14.3. The number of nitrogens with two attached hydrogens (primary N) is 1. The van der Waals surface area contributed by atoms with Crippen molar-refractivity contribution < 1.29 is 14.3 Å². The highest BCUT2D eigenvalue weighted by molar-refractivity contribution is 7.10. The van der Waals surface area contributed by atoms with Gasteiger partial charge in [0.15, 0.2) is 0 Å². The molecule has 0 aliphatic rings. The third-order valence-corrected chi connectivity index (χ3v) is 4.43. The summed E-state index contributed by atoms with van der Waals surface area (Å²) in [5.74, 6) is 0.684. The first-order chi connectivity index (χ1) is 11.6. The van der Waals surface area contributed by atoms with Crippen LogP contribution in [0.25, 0.3) is 0 Å². The normalized spacial score (nSPS) is 11.5. The van der Waals surface area contributed by atoms with E-state index in [9.17, 15) is 9.59 Å². The van der Waals surface area contributed by atoms with Gasteiger partial charge in [-0.3, -0.25) is 4.79 Å². The highest BCUT2D eigenvalue weighted by Gasteiger charge is 2.20. The maximum atomic E-state index is 12.4. The molecule has 2 aromatic rings. The Hall–Kier alpha value is -2.54. The third kappa shape index (κ3) is 5.58. The van der Waals surface area contributed by atoms with Crippen LogP contribution < -0.4 is 15.8 Å². The van der Waals surface area contributed by atoms with Crippen molar-refractivity contribution in [3.63, 3.8) is 0 Å². The number of carbonyl (C=O) groups excluding carboxylic acids is 2. The molecule has 1 heterocycles. The van der Waals surface area contributed by atoms with Gasteiger partial charge in [-0.05, 0) is 23.6 Å². The van der Waals surface area contributed by atoms with Gasteiger partial charge in [-0.15, -0.1) is 11.3 Å². The molecule has 0 bridgehead atoms. The Labute approximate surface area is 145 Å². The fourth-order valence-electron chi connectivity index (χ4n) is 2.16. The number of hydrogen-bond acceptors (Lipinski definition) is 4. The first-order valence-electron chi connectivity index (χ1n) is 7.57. The predicted molar refractivity (Wildman–Crippen MR) is 94.0 cm³/mol. The van der Waals surface area contributed by atoms with Gasteiger partial charge in [-0.2, -0.15) is 0 Å². The molecule has 1 atom stereocenters. The number of rotatable bonds is 8. The number of ether oxygens (including phenoxy) is 1. The molecule has 0 saturated heterocycles. The maximum absolute atomic E-state index is 12.4. The molecular formula is C17H21N3O3S. The SMILES string of the molecule is CN(CCOc1ccccc1)C(=O)CC(NC(N)=O)c1cccs1. The second-order valence-electron chi connectivity index (χ2n) is 5.26. The first-order valence-corrected chi connectivity index (χ1v) is 8.45. The second kappa shape index (κ2) is 8.93. The van der Waals surface area contributed by atoms with Gasteiger partial charge in [0.1, 0.15) is 12.4 Å². The first kappa shape index (κ1) is 17.8. The van der Waals surface area contributed by atoms with Crippen LogP contribution in [-0.4, -0.2) is 37.0 Å². The van der Waals surface area contributed by atoms with Crippen molar-refractivity contribution in [2.75, 3.05) is 20.2 Å². The van der Waals surface area contributed by atoms with E-state index in [1.165, 1.54) is 11.3 Å². The standard InChI is InChI=1S/C17H21N3O3S/c1-20(9-10-23-13-6-3-2-4-7-13)16(21)12-14(19-17(18)22)15-8-5-11-24-15/h2-8,11,14H,9-10,12H2,1H3,(H3,18,19,22). The van der Waals surface area contributed by atoms with Crippen LogP contribution >= 0.6 is 11.3 Å². The van der Waals surface area contributed by atoms with E-state index in [0.29, 0.717) is 13.2 Å². The smallest absolute Gasteiger partial charge is 0.312 e. The van der Waals surface area contributed by atoms with Crippen molar-refractivity contribution in [2.24, 2.45) is 5.73 Å². The van der Waals surface area contributed by atoms with Crippen molar-refractivity contribution >= 4 is 23.3 Å². The largest absolute Gasteiger partial charge is 0.492 e. The molecule has 0 aliphatic heterocycles. The topological polar surface area (TPSA) is 84.7 Å². The van der Waals surface area contributed by atoms with Gasteiger partial charge in [0, 0.05) is 11.9 Å². The lowest BCUT2D eigenvalue weighted by Crippen LogP contribution is -2.38. The molecule has 2 rings (SSSR count). The highest BCUT2D eigenvalue weighted by Crippen LogP contribution is 2.22. The molecule has 0 saturated carbocycles. The molecule has 6 nitrogen and oxygen atoms in total. The van der Waals surface area contributed by atoms with Gasteiger partial charge in [0.2, 0.25) is 5.91 Å². The van der Waals surface area contributed by atoms with Crippen molar-refractivity contribution in [1.29, 1.82) is 0 Å². The minimum Gasteiger partial charge on any atom is -0.492 e. The number of amides is 3. The zero-order chi connectivity index (χ0) is 17.4. The molecular weight excluding hydrogens is 326 g/mol. The lowest BCUT2D eigenvalue weighted by Gasteiger charge is -2.21. The molecule has 1 unspecified atom stereocenters. The number of benzene rings is 1. The Morgan fingerprint density at radius 1 is 1.25 bits per heavy atom. The quantitative estimate of drug-likeness (QED) is 0.769. The minimum absolute atomic E-state index is 0.0844. The summed E-state index contributed by atoms with van der Waals surface area (Å²) in [6.45, 7) is 0.862. The van der Waals surface area contributed by atoms with Gasteiger partial charge in [-0.25, -0.2) is 4.79 Å². The van der Waals surface area contributed by atoms with Gasteiger partial charge in [0.25, 0.3) is 0 Å². The Morgan fingerprint density at radius 3 is 2.62 bits per heavy atom. The van der Waals surface area contributed by atoms with E-state index in [4.69, 9.17) is 10.5 Å². The number of nitrogens with zero attached hydrogens (tertiary/aromatic N) is 1. The fourth-order valence-corrected chi connectivity index (χ4v) is 2.93. The molecule has 7 heteroatoms. The van der Waals surface area contributed by atoms with Gasteiger partial charge in [-0.1, -0.05) is 24.3 Å². The molecule has 128 valence electrons. The summed E-state index contributed by atoms with van der Waals surface area (Å²) < 4.78 is 5.59.